The van der Waals surface area contributed by atoms with Crippen molar-refractivity contribution in [2.45, 2.75) is 97.6 Å². The highest BCUT2D eigenvalue weighted by Crippen LogP contribution is 2.55. The van der Waals surface area contributed by atoms with Gasteiger partial charge < -0.3 is 10.6 Å². The van der Waals surface area contributed by atoms with E-state index in [1.807, 2.05) is 0 Å². The zero-order valence-electron chi connectivity index (χ0n) is 16.5. The summed E-state index contributed by atoms with van der Waals surface area (Å²) in [6.07, 6.45) is 9.68. The third-order valence-electron chi connectivity index (χ3n) is 7.36. The number of nitrogens with one attached hydrogen (secondary N) is 2. The minimum absolute atomic E-state index is 0.0328. The minimum Gasteiger partial charge on any atom is -0.349 e. The molecule has 1 unspecified atom stereocenters. The molecule has 0 spiro atoms. The van der Waals surface area contributed by atoms with Crippen LogP contribution in [0.2, 0.25) is 0 Å². The molecule has 1 heterocycles. The fraction of sp³-hybridized carbons (Fsp3) is 0.952. The molecule has 2 N–H and O–H groups in total. The molecule has 3 heteroatoms. The molecule has 3 saturated carbocycles. The number of rotatable bonds is 4. The van der Waals surface area contributed by atoms with Gasteiger partial charge in [-0.15, -0.1) is 0 Å². The van der Waals surface area contributed by atoms with Crippen molar-refractivity contribution in [3.05, 3.63) is 0 Å². The van der Waals surface area contributed by atoms with E-state index in [1.165, 1.54) is 44.9 Å². The Balaban J connectivity index is 1.53. The summed E-state index contributed by atoms with van der Waals surface area (Å²) in [5.41, 5.74) is 1.02. The van der Waals surface area contributed by atoms with Gasteiger partial charge >= 0.3 is 0 Å². The lowest BCUT2D eigenvalue weighted by Gasteiger charge is -2.55. The number of carbonyl (C=O) groups is 1. The van der Waals surface area contributed by atoms with E-state index in [9.17, 15) is 4.79 Å². The Labute approximate surface area is 148 Å². The topological polar surface area (TPSA) is 41.1 Å². The van der Waals surface area contributed by atoms with Crippen molar-refractivity contribution in [1.82, 2.24) is 10.6 Å². The molecule has 3 nitrogen and oxygen atoms in total. The Kier molecular flexibility index (Phi) is 4.79. The number of carbonyl (C=O) groups excluding carboxylic acids is 1. The average Bonchev–Trinajstić information content (AvgIpc) is 2.95. The zero-order valence-corrected chi connectivity index (χ0v) is 16.5. The number of hydrogen-bond donors (Lipinski definition) is 2. The summed E-state index contributed by atoms with van der Waals surface area (Å²) in [6, 6.07) is 0.0328. The lowest BCUT2D eigenvalue weighted by atomic mass is 9.53. The molecule has 138 valence electrons. The Bertz CT molecular complexity index is 452. The Morgan fingerprint density at radius 2 is 1.71 bits per heavy atom. The third-order valence-corrected chi connectivity index (χ3v) is 7.36. The lowest BCUT2D eigenvalue weighted by Crippen LogP contribution is -2.60. The molecule has 0 aromatic heterocycles. The van der Waals surface area contributed by atoms with Crippen molar-refractivity contribution in [2.75, 3.05) is 6.54 Å². The molecule has 0 radical (unpaired) electrons. The molecule has 4 rings (SSSR count). The van der Waals surface area contributed by atoms with E-state index in [1.54, 1.807) is 0 Å². The van der Waals surface area contributed by atoms with Crippen LogP contribution in [0, 0.1) is 22.7 Å². The highest BCUT2D eigenvalue weighted by Gasteiger charge is 2.50. The zero-order chi connectivity index (χ0) is 17.6. The number of hydrogen-bond acceptors (Lipinski definition) is 2. The van der Waals surface area contributed by atoms with Gasteiger partial charge in [0.15, 0.2) is 0 Å². The fourth-order valence-electron chi connectivity index (χ4n) is 5.65. The molecule has 0 aromatic carbocycles. The van der Waals surface area contributed by atoms with E-state index in [2.05, 4.69) is 45.3 Å². The van der Waals surface area contributed by atoms with Crippen molar-refractivity contribution in [2.24, 2.45) is 22.7 Å². The van der Waals surface area contributed by atoms with Gasteiger partial charge in [0, 0.05) is 5.54 Å². The highest BCUT2D eigenvalue weighted by atomic mass is 16.2. The first-order valence-corrected chi connectivity index (χ1v) is 10.2. The quantitative estimate of drug-likeness (QED) is 0.806. The van der Waals surface area contributed by atoms with Crippen LogP contribution in [0.4, 0.5) is 0 Å². The molecule has 3 aliphatic carbocycles. The first-order valence-electron chi connectivity index (χ1n) is 10.2. The molecule has 1 amide bonds. The third kappa shape index (κ3) is 3.66. The minimum atomic E-state index is 0.0328. The first-order chi connectivity index (χ1) is 11.1. The summed E-state index contributed by atoms with van der Waals surface area (Å²) in [6.45, 7) is 12.7. The van der Waals surface area contributed by atoms with Crippen molar-refractivity contribution in [3.63, 3.8) is 0 Å². The SMILES string of the molecule is CC(C)C12CCC(NC(=O)[C@H]3CC(CC(C)(C)C)CN3)(CC1)CC2. The Hall–Kier alpha value is -0.570. The van der Waals surface area contributed by atoms with Crippen molar-refractivity contribution in [3.8, 4) is 0 Å². The van der Waals surface area contributed by atoms with Crippen LogP contribution in [-0.2, 0) is 4.79 Å². The summed E-state index contributed by atoms with van der Waals surface area (Å²) in [5, 5.41) is 6.99. The average molecular weight is 335 g/mol. The van der Waals surface area contributed by atoms with Gasteiger partial charge in [-0.3, -0.25) is 4.79 Å². The van der Waals surface area contributed by atoms with Crippen molar-refractivity contribution in [1.29, 1.82) is 0 Å². The van der Waals surface area contributed by atoms with E-state index in [0.717, 1.165) is 18.9 Å². The normalized spacial score (nSPS) is 39.4. The molecule has 24 heavy (non-hydrogen) atoms. The van der Waals surface area contributed by atoms with Crippen LogP contribution in [0.15, 0.2) is 0 Å². The maximum Gasteiger partial charge on any atom is 0.237 e. The first kappa shape index (κ1) is 18.2. The predicted octanol–water partition coefficient (Wildman–Crippen LogP) is 4.27. The second-order valence-corrected chi connectivity index (χ2v) is 10.6. The molecule has 2 atom stereocenters. The van der Waals surface area contributed by atoms with Crippen LogP contribution < -0.4 is 10.6 Å². The second-order valence-electron chi connectivity index (χ2n) is 10.6. The second kappa shape index (κ2) is 6.30. The standard InChI is InChI=1S/C21H38N2O/c1-15(2)20-6-9-21(10-7-20,11-8-20)23-18(24)17-12-16(14-22-17)13-19(3,4)5/h15-17,22H,6-14H2,1-5H3,(H,23,24)/t16?,17-,20?,21?/m1/s1. The summed E-state index contributed by atoms with van der Waals surface area (Å²) >= 11 is 0. The maximum absolute atomic E-state index is 12.8. The van der Waals surface area contributed by atoms with E-state index in [0.29, 0.717) is 16.7 Å². The van der Waals surface area contributed by atoms with Crippen LogP contribution in [0.25, 0.3) is 0 Å². The highest BCUT2D eigenvalue weighted by molar-refractivity contribution is 5.82. The van der Waals surface area contributed by atoms with Crippen LogP contribution >= 0.6 is 0 Å². The summed E-state index contributed by atoms with van der Waals surface area (Å²) in [5.74, 6) is 1.69. The molecule has 0 aromatic rings. The monoisotopic (exact) mass is 334 g/mol. The largest absolute Gasteiger partial charge is 0.349 e. The molecule has 1 aliphatic heterocycles. The summed E-state index contributed by atoms with van der Waals surface area (Å²) in [4.78, 5) is 12.8. The van der Waals surface area contributed by atoms with Crippen LogP contribution in [0.5, 0.6) is 0 Å². The lowest BCUT2D eigenvalue weighted by molar-refractivity contribution is -0.127. The molecule has 2 bridgehead atoms. The van der Waals surface area contributed by atoms with Gasteiger partial charge in [-0.2, -0.15) is 0 Å². The summed E-state index contributed by atoms with van der Waals surface area (Å²) in [7, 11) is 0. The maximum atomic E-state index is 12.8. The number of amides is 1. The van der Waals surface area contributed by atoms with Crippen LogP contribution in [0.3, 0.4) is 0 Å². The predicted molar refractivity (Wildman–Crippen MR) is 99.8 cm³/mol. The Morgan fingerprint density at radius 1 is 1.12 bits per heavy atom. The summed E-state index contributed by atoms with van der Waals surface area (Å²) < 4.78 is 0. The van der Waals surface area contributed by atoms with E-state index >= 15 is 0 Å². The van der Waals surface area contributed by atoms with Crippen molar-refractivity contribution < 1.29 is 4.79 Å². The molecule has 1 saturated heterocycles. The fourth-order valence-corrected chi connectivity index (χ4v) is 5.65. The number of fused-ring (bicyclic) bond motifs is 3. The van der Waals surface area contributed by atoms with E-state index in [4.69, 9.17) is 0 Å². The Morgan fingerprint density at radius 3 is 2.21 bits per heavy atom. The van der Waals surface area contributed by atoms with E-state index in [-0.39, 0.29) is 17.5 Å². The van der Waals surface area contributed by atoms with Gasteiger partial charge in [0.1, 0.15) is 0 Å². The van der Waals surface area contributed by atoms with Crippen LogP contribution in [0.1, 0.15) is 86.0 Å². The van der Waals surface area contributed by atoms with Crippen molar-refractivity contribution >= 4 is 5.91 Å². The van der Waals surface area contributed by atoms with Gasteiger partial charge in [0.05, 0.1) is 6.04 Å². The van der Waals surface area contributed by atoms with Gasteiger partial charge in [-0.05, 0) is 80.6 Å². The molecule has 4 fully saturated rings. The molecular formula is C21H38N2O. The molecular weight excluding hydrogens is 296 g/mol. The molecule has 4 aliphatic rings. The van der Waals surface area contributed by atoms with Crippen LogP contribution in [-0.4, -0.2) is 24.0 Å². The van der Waals surface area contributed by atoms with Gasteiger partial charge in [0.25, 0.3) is 0 Å². The van der Waals surface area contributed by atoms with E-state index < -0.39 is 0 Å². The van der Waals surface area contributed by atoms with Gasteiger partial charge in [-0.1, -0.05) is 34.6 Å². The van der Waals surface area contributed by atoms with Gasteiger partial charge in [0.2, 0.25) is 5.91 Å². The smallest absolute Gasteiger partial charge is 0.237 e. The van der Waals surface area contributed by atoms with Gasteiger partial charge in [-0.25, -0.2) is 0 Å².